The molecule has 24 heavy (non-hydrogen) atoms. The van der Waals surface area contributed by atoms with Gasteiger partial charge < -0.3 is 10.2 Å². The topological polar surface area (TPSA) is 15.3 Å². The fourth-order valence-electron chi connectivity index (χ4n) is 3.82. The summed E-state index contributed by atoms with van der Waals surface area (Å²) in [4.78, 5) is 2.29. The molecular formula is C22H30N2. The van der Waals surface area contributed by atoms with Gasteiger partial charge in [0.25, 0.3) is 0 Å². The van der Waals surface area contributed by atoms with Gasteiger partial charge in [-0.15, -0.1) is 0 Å². The van der Waals surface area contributed by atoms with E-state index in [1.165, 1.54) is 48.2 Å². The Kier molecular flexibility index (Phi) is 5.57. The van der Waals surface area contributed by atoms with Crippen molar-refractivity contribution < 1.29 is 0 Å². The van der Waals surface area contributed by atoms with Crippen molar-refractivity contribution in [3.8, 4) is 0 Å². The Morgan fingerprint density at radius 1 is 1.08 bits per heavy atom. The molecule has 2 atom stereocenters. The van der Waals surface area contributed by atoms with Gasteiger partial charge in [0, 0.05) is 5.69 Å². The molecule has 0 saturated carbocycles. The quantitative estimate of drug-likeness (QED) is 0.812. The van der Waals surface area contributed by atoms with Crippen molar-refractivity contribution in [1.82, 2.24) is 4.90 Å². The molecule has 0 amide bonds. The molecule has 1 aliphatic rings. The number of rotatable bonds is 6. The average molecular weight is 322 g/mol. The number of fused-ring (bicyclic) bond motifs is 1. The lowest BCUT2D eigenvalue weighted by Gasteiger charge is -2.36. The van der Waals surface area contributed by atoms with E-state index in [0.717, 1.165) is 6.42 Å². The van der Waals surface area contributed by atoms with E-state index in [9.17, 15) is 0 Å². The zero-order valence-electron chi connectivity index (χ0n) is 15.3. The maximum Gasteiger partial charge on any atom is 0.0545 e. The van der Waals surface area contributed by atoms with Crippen molar-refractivity contribution in [2.24, 2.45) is 5.92 Å². The molecule has 3 rings (SSSR count). The summed E-state index contributed by atoms with van der Waals surface area (Å²) in [7, 11) is 4.33. The summed E-state index contributed by atoms with van der Waals surface area (Å²) < 4.78 is 0. The molecule has 1 heterocycles. The number of hydrogen-bond donors (Lipinski definition) is 1. The third kappa shape index (κ3) is 3.99. The normalized spacial score (nSPS) is 19.8. The van der Waals surface area contributed by atoms with E-state index in [2.05, 4.69) is 79.8 Å². The van der Waals surface area contributed by atoms with Crippen molar-refractivity contribution in [2.45, 2.75) is 38.6 Å². The van der Waals surface area contributed by atoms with Crippen LogP contribution in [-0.2, 0) is 12.8 Å². The summed E-state index contributed by atoms with van der Waals surface area (Å²) >= 11 is 0. The Hall–Kier alpha value is -1.80. The maximum absolute atomic E-state index is 3.84. The zero-order valence-corrected chi connectivity index (χ0v) is 15.3. The first kappa shape index (κ1) is 17.0. The Labute approximate surface area is 146 Å². The molecule has 1 N–H and O–H groups in total. The lowest BCUT2D eigenvalue weighted by atomic mass is 9.80. The van der Waals surface area contributed by atoms with Crippen molar-refractivity contribution in [3.63, 3.8) is 0 Å². The fraction of sp³-hybridized carbons (Fsp3) is 0.455. The molecular weight excluding hydrogens is 292 g/mol. The van der Waals surface area contributed by atoms with Crippen LogP contribution in [0.25, 0.3) is 0 Å². The van der Waals surface area contributed by atoms with Crippen LogP contribution in [0.4, 0.5) is 5.69 Å². The molecule has 0 aliphatic carbocycles. The Balaban J connectivity index is 1.83. The van der Waals surface area contributed by atoms with Crippen LogP contribution in [0.1, 0.15) is 42.5 Å². The lowest BCUT2D eigenvalue weighted by Crippen LogP contribution is -2.29. The molecule has 2 nitrogen and oxygen atoms in total. The molecule has 0 radical (unpaired) electrons. The first-order chi connectivity index (χ1) is 11.7. The number of nitrogens with one attached hydrogen (secondary N) is 1. The third-order valence-electron chi connectivity index (χ3n) is 5.18. The molecule has 1 aliphatic heterocycles. The van der Waals surface area contributed by atoms with E-state index in [4.69, 9.17) is 0 Å². The molecule has 2 aromatic carbocycles. The van der Waals surface area contributed by atoms with Crippen molar-refractivity contribution in [2.75, 3.05) is 26.0 Å². The molecule has 0 saturated heterocycles. The molecule has 0 aromatic heterocycles. The summed E-state index contributed by atoms with van der Waals surface area (Å²) in [5, 5.41) is 3.84. The summed E-state index contributed by atoms with van der Waals surface area (Å²) in [6, 6.07) is 18.3. The number of anilines is 1. The van der Waals surface area contributed by atoms with Gasteiger partial charge in [-0.25, -0.2) is 0 Å². The second-order valence-electron chi connectivity index (χ2n) is 7.29. The summed E-state index contributed by atoms with van der Waals surface area (Å²) in [6.07, 6.45) is 4.82. The van der Waals surface area contributed by atoms with Crippen LogP contribution in [0.3, 0.4) is 0 Å². The van der Waals surface area contributed by atoms with Crippen molar-refractivity contribution in [3.05, 3.63) is 65.2 Å². The Bertz CT molecular complexity index is 648. The van der Waals surface area contributed by atoms with Crippen LogP contribution in [0, 0.1) is 5.92 Å². The van der Waals surface area contributed by atoms with Crippen LogP contribution < -0.4 is 5.32 Å². The summed E-state index contributed by atoms with van der Waals surface area (Å²) in [5.41, 5.74) is 5.68. The van der Waals surface area contributed by atoms with Gasteiger partial charge in [0.05, 0.1) is 6.04 Å². The van der Waals surface area contributed by atoms with Crippen LogP contribution in [0.15, 0.2) is 48.5 Å². The summed E-state index contributed by atoms with van der Waals surface area (Å²) in [5.74, 6) is 0.659. The van der Waals surface area contributed by atoms with E-state index in [1.54, 1.807) is 0 Å². The number of nitrogens with zero attached hydrogens (tertiary/aromatic N) is 1. The minimum atomic E-state index is 0.424. The van der Waals surface area contributed by atoms with Crippen molar-refractivity contribution >= 4 is 5.69 Å². The van der Waals surface area contributed by atoms with E-state index < -0.39 is 0 Å². The highest BCUT2D eigenvalue weighted by atomic mass is 15.0. The Morgan fingerprint density at radius 3 is 2.58 bits per heavy atom. The largest absolute Gasteiger partial charge is 0.378 e. The molecule has 2 heteroatoms. The molecule has 0 bridgehead atoms. The Morgan fingerprint density at radius 2 is 1.88 bits per heavy atom. The van der Waals surface area contributed by atoms with E-state index in [1.807, 2.05) is 0 Å². The van der Waals surface area contributed by atoms with E-state index in [0.29, 0.717) is 12.0 Å². The van der Waals surface area contributed by atoms with Gasteiger partial charge in [0.2, 0.25) is 0 Å². The SMILES string of the molecule is CCc1ccc2c(c1)CC(CCCN(C)C)C(c1ccccc1)N2. The zero-order chi connectivity index (χ0) is 16.9. The smallest absolute Gasteiger partial charge is 0.0545 e. The molecule has 0 fully saturated rings. The van der Waals surface area contributed by atoms with Gasteiger partial charge in [-0.1, -0.05) is 49.4 Å². The fourth-order valence-corrected chi connectivity index (χ4v) is 3.82. The van der Waals surface area contributed by atoms with E-state index >= 15 is 0 Å². The number of aryl methyl sites for hydroxylation is 1. The second kappa shape index (κ2) is 7.85. The van der Waals surface area contributed by atoms with Crippen molar-refractivity contribution in [1.29, 1.82) is 0 Å². The van der Waals surface area contributed by atoms with Crippen LogP contribution in [0.2, 0.25) is 0 Å². The van der Waals surface area contributed by atoms with Gasteiger partial charge in [-0.05, 0) is 75.0 Å². The lowest BCUT2D eigenvalue weighted by molar-refractivity contribution is 0.341. The highest BCUT2D eigenvalue weighted by molar-refractivity contribution is 5.57. The monoisotopic (exact) mass is 322 g/mol. The standard InChI is InChI=1S/C22H30N2/c1-4-17-12-13-21-20(15-17)16-19(11-8-14-24(2)3)22(23-21)18-9-6-5-7-10-18/h5-7,9-10,12-13,15,19,22-23H,4,8,11,14,16H2,1-3H3. The maximum atomic E-state index is 3.84. The summed E-state index contributed by atoms with van der Waals surface area (Å²) in [6.45, 7) is 3.40. The van der Waals surface area contributed by atoms with Crippen LogP contribution >= 0.6 is 0 Å². The highest BCUT2D eigenvalue weighted by Crippen LogP contribution is 2.39. The minimum Gasteiger partial charge on any atom is -0.378 e. The molecule has 0 spiro atoms. The molecule has 2 unspecified atom stereocenters. The van der Waals surface area contributed by atoms with Gasteiger partial charge in [-0.3, -0.25) is 0 Å². The number of hydrogen-bond acceptors (Lipinski definition) is 2. The third-order valence-corrected chi connectivity index (χ3v) is 5.18. The number of benzene rings is 2. The van der Waals surface area contributed by atoms with Crippen LogP contribution in [-0.4, -0.2) is 25.5 Å². The predicted octanol–water partition coefficient (Wildman–Crippen LogP) is 4.92. The highest BCUT2D eigenvalue weighted by Gasteiger charge is 2.28. The first-order valence-electron chi connectivity index (χ1n) is 9.25. The van der Waals surface area contributed by atoms with Gasteiger partial charge in [0.1, 0.15) is 0 Å². The van der Waals surface area contributed by atoms with Gasteiger partial charge in [-0.2, -0.15) is 0 Å². The first-order valence-corrected chi connectivity index (χ1v) is 9.25. The van der Waals surface area contributed by atoms with Gasteiger partial charge >= 0.3 is 0 Å². The predicted molar refractivity (Wildman–Crippen MR) is 104 cm³/mol. The second-order valence-corrected chi connectivity index (χ2v) is 7.29. The molecule has 2 aromatic rings. The van der Waals surface area contributed by atoms with Crippen LogP contribution in [0.5, 0.6) is 0 Å². The average Bonchev–Trinajstić information content (AvgIpc) is 2.61. The van der Waals surface area contributed by atoms with E-state index in [-0.39, 0.29) is 0 Å². The molecule has 128 valence electrons. The minimum absolute atomic E-state index is 0.424. The van der Waals surface area contributed by atoms with Gasteiger partial charge in [0.15, 0.2) is 0 Å².